The minimum absolute atomic E-state index is 0.210. The van der Waals surface area contributed by atoms with E-state index in [0.29, 0.717) is 11.3 Å². The zero-order valence-corrected chi connectivity index (χ0v) is 13.5. The molecule has 0 saturated carbocycles. The molecule has 6 heteroatoms. The number of amides is 1. The first-order chi connectivity index (χ1) is 11.0. The molecule has 0 fully saturated rings. The molecule has 0 radical (unpaired) electrons. The molecule has 0 bridgehead atoms. The molecule has 0 spiro atoms. The molecule has 0 aliphatic carbocycles. The van der Waals surface area contributed by atoms with Crippen LogP contribution >= 0.6 is 0 Å². The molecule has 0 aliphatic rings. The highest BCUT2D eigenvalue weighted by Crippen LogP contribution is 2.25. The van der Waals surface area contributed by atoms with E-state index in [0.717, 1.165) is 5.56 Å². The van der Waals surface area contributed by atoms with E-state index < -0.39 is 22.0 Å². The molecule has 0 heterocycles. The molecular formula is C17H18FNO3S. The fourth-order valence-electron chi connectivity index (χ4n) is 2.12. The van der Waals surface area contributed by atoms with Gasteiger partial charge in [0.2, 0.25) is 0 Å². The van der Waals surface area contributed by atoms with Crippen LogP contribution in [0.5, 0.6) is 5.75 Å². The lowest BCUT2D eigenvalue weighted by Gasteiger charge is -2.13. The summed E-state index contributed by atoms with van der Waals surface area (Å²) in [6, 6.07) is 13.3. The Morgan fingerprint density at radius 3 is 2.70 bits per heavy atom. The Labute approximate surface area is 136 Å². The molecule has 2 N–H and O–H groups in total. The summed E-state index contributed by atoms with van der Waals surface area (Å²) >= 11 is 0. The van der Waals surface area contributed by atoms with Crippen molar-refractivity contribution in [1.82, 2.24) is 0 Å². The van der Waals surface area contributed by atoms with Crippen LogP contribution in [0.1, 0.15) is 23.3 Å². The maximum Gasteiger partial charge on any atom is 0.255 e. The normalized spacial score (nSPS) is 13.3. The largest absolute Gasteiger partial charge is 0.484 e. The number of carbonyl (C=O) groups excluding carboxylic acids is 1. The zero-order chi connectivity index (χ0) is 16.8. The molecule has 1 amide bonds. The first-order valence-electron chi connectivity index (χ1n) is 7.09. The summed E-state index contributed by atoms with van der Waals surface area (Å²) in [6.07, 6.45) is 0. The molecule has 2 aromatic rings. The number of hydrogen-bond acceptors (Lipinski definition) is 3. The molecule has 2 aromatic carbocycles. The summed E-state index contributed by atoms with van der Waals surface area (Å²) in [5.74, 6) is -0.167. The quantitative estimate of drug-likeness (QED) is 0.846. The molecule has 23 heavy (non-hydrogen) atoms. The Hall–Kier alpha value is -2.21. The van der Waals surface area contributed by atoms with Gasteiger partial charge >= 0.3 is 0 Å². The van der Waals surface area contributed by atoms with Gasteiger partial charge in [-0.2, -0.15) is 0 Å². The van der Waals surface area contributed by atoms with Gasteiger partial charge in [0.1, 0.15) is 11.6 Å². The highest BCUT2D eigenvalue weighted by Gasteiger charge is 2.17. The van der Waals surface area contributed by atoms with Gasteiger partial charge in [0, 0.05) is 22.1 Å². The minimum atomic E-state index is -1.29. The van der Waals surface area contributed by atoms with Crippen LogP contribution < -0.4 is 10.5 Å². The predicted molar refractivity (Wildman–Crippen MR) is 87.8 cm³/mol. The van der Waals surface area contributed by atoms with E-state index in [-0.39, 0.29) is 18.2 Å². The summed E-state index contributed by atoms with van der Waals surface area (Å²) in [6.45, 7) is 1.53. The van der Waals surface area contributed by atoms with Gasteiger partial charge in [-0.25, -0.2) is 4.39 Å². The van der Waals surface area contributed by atoms with Crippen molar-refractivity contribution in [3.8, 4) is 5.75 Å². The van der Waals surface area contributed by atoms with Gasteiger partial charge < -0.3 is 10.5 Å². The van der Waals surface area contributed by atoms with Gasteiger partial charge in [-0.05, 0) is 30.7 Å². The zero-order valence-electron chi connectivity index (χ0n) is 12.7. The summed E-state index contributed by atoms with van der Waals surface area (Å²) in [5.41, 5.74) is 6.25. The number of rotatable bonds is 7. The lowest BCUT2D eigenvalue weighted by molar-refractivity contribution is -0.119. The Bertz CT molecular complexity index is 720. The first-order valence-corrected chi connectivity index (χ1v) is 8.47. The number of benzene rings is 2. The SMILES string of the molecule is C[C@@H](c1ccccc1F)[S@](=O)Cc1cccc(OCC(N)=O)c1. The maximum absolute atomic E-state index is 13.8. The van der Waals surface area contributed by atoms with Crippen molar-refractivity contribution in [2.75, 3.05) is 6.61 Å². The van der Waals surface area contributed by atoms with Crippen LogP contribution in [0, 0.1) is 5.82 Å². The van der Waals surface area contributed by atoms with E-state index in [2.05, 4.69) is 0 Å². The summed E-state index contributed by atoms with van der Waals surface area (Å²) in [4.78, 5) is 10.7. The van der Waals surface area contributed by atoms with Crippen molar-refractivity contribution in [2.45, 2.75) is 17.9 Å². The predicted octanol–water partition coefficient (Wildman–Crippen LogP) is 2.70. The Morgan fingerprint density at radius 2 is 2.00 bits per heavy atom. The molecule has 0 aliphatic heterocycles. The van der Waals surface area contributed by atoms with Crippen LogP contribution in [0.3, 0.4) is 0 Å². The molecule has 0 unspecified atom stereocenters. The number of carbonyl (C=O) groups is 1. The molecule has 122 valence electrons. The lowest BCUT2D eigenvalue weighted by Crippen LogP contribution is -2.20. The van der Waals surface area contributed by atoms with Crippen molar-refractivity contribution in [1.29, 1.82) is 0 Å². The topological polar surface area (TPSA) is 69.4 Å². The van der Waals surface area contributed by atoms with Crippen molar-refractivity contribution >= 4 is 16.7 Å². The van der Waals surface area contributed by atoms with E-state index in [9.17, 15) is 13.4 Å². The highest BCUT2D eigenvalue weighted by molar-refractivity contribution is 7.84. The lowest BCUT2D eigenvalue weighted by atomic mass is 10.1. The summed E-state index contributed by atoms with van der Waals surface area (Å²) in [5, 5.41) is -0.425. The summed E-state index contributed by atoms with van der Waals surface area (Å²) < 4.78 is 31.5. The van der Waals surface area contributed by atoms with Gasteiger partial charge in [0.25, 0.3) is 5.91 Å². The van der Waals surface area contributed by atoms with Gasteiger partial charge in [-0.3, -0.25) is 9.00 Å². The summed E-state index contributed by atoms with van der Waals surface area (Å²) in [7, 11) is -1.29. The number of hydrogen-bond donors (Lipinski definition) is 1. The Morgan fingerprint density at radius 1 is 1.26 bits per heavy atom. The molecule has 0 saturated heterocycles. The van der Waals surface area contributed by atoms with Crippen LogP contribution in [0.15, 0.2) is 48.5 Å². The second kappa shape index (κ2) is 7.87. The van der Waals surface area contributed by atoms with E-state index in [1.807, 2.05) is 6.07 Å². The van der Waals surface area contributed by atoms with Gasteiger partial charge in [-0.1, -0.05) is 30.3 Å². The fourth-order valence-corrected chi connectivity index (χ4v) is 3.35. The van der Waals surface area contributed by atoms with E-state index in [4.69, 9.17) is 10.5 Å². The van der Waals surface area contributed by atoms with Crippen LogP contribution in [0.2, 0.25) is 0 Å². The van der Waals surface area contributed by atoms with Crippen molar-refractivity contribution in [3.05, 3.63) is 65.5 Å². The van der Waals surface area contributed by atoms with Crippen LogP contribution in [0.25, 0.3) is 0 Å². The Balaban J connectivity index is 2.06. The smallest absolute Gasteiger partial charge is 0.255 e. The molecule has 4 nitrogen and oxygen atoms in total. The third-order valence-electron chi connectivity index (χ3n) is 3.33. The third-order valence-corrected chi connectivity index (χ3v) is 4.99. The van der Waals surface area contributed by atoms with Crippen LogP contribution in [-0.4, -0.2) is 16.7 Å². The standard InChI is InChI=1S/C17H18FNO3S/c1-12(15-7-2-3-8-16(15)18)23(21)11-13-5-4-6-14(9-13)22-10-17(19)20/h2-9,12H,10-11H2,1H3,(H2,19,20)/t12-,23+/m0/s1. The van der Waals surface area contributed by atoms with Crippen molar-refractivity contribution < 1.29 is 18.1 Å². The second-order valence-electron chi connectivity index (χ2n) is 5.09. The fraction of sp³-hybridized carbons (Fsp3) is 0.235. The second-order valence-corrected chi connectivity index (χ2v) is 6.85. The van der Waals surface area contributed by atoms with E-state index >= 15 is 0 Å². The van der Waals surface area contributed by atoms with Crippen LogP contribution in [0.4, 0.5) is 4.39 Å². The number of halogens is 1. The monoisotopic (exact) mass is 335 g/mol. The van der Waals surface area contributed by atoms with Gasteiger partial charge in [0.15, 0.2) is 6.61 Å². The molecular weight excluding hydrogens is 317 g/mol. The van der Waals surface area contributed by atoms with Gasteiger partial charge in [0.05, 0.1) is 5.25 Å². The van der Waals surface area contributed by atoms with Gasteiger partial charge in [-0.15, -0.1) is 0 Å². The van der Waals surface area contributed by atoms with E-state index in [1.54, 1.807) is 43.3 Å². The Kier molecular flexibility index (Phi) is 5.87. The number of primary amides is 1. The van der Waals surface area contributed by atoms with E-state index in [1.165, 1.54) is 6.07 Å². The number of nitrogens with two attached hydrogens (primary N) is 1. The third kappa shape index (κ3) is 4.89. The average molecular weight is 335 g/mol. The molecule has 2 rings (SSSR count). The molecule has 0 aromatic heterocycles. The molecule has 2 atom stereocenters. The minimum Gasteiger partial charge on any atom is -0.484 e. The maximum atomic E-state index is 13.8. The van der Waals surface area contributed by atoms with Crippen molar-refractivity contribution in [2.24, 2.45) is 5.73 Å². The van der Waals surface area contributed by atoms with Crippen LogP contribution in [-0.2, 0) is 21.3 Å². The first kappa shape index (κ1) is 17.1. The number of ether oxygens (including phenoxy) is 1. The highest BCUT2D eigenvalue weighted by atomic mass is 32.2. The van der Waals surface area contributed by atoms with Crippen molar-refractivity contribution in [3.63, 3.8) is 0 Å². The average Bonchev–Trinajstić information content (AvgIpc) is 2.53.